The van der Waals surface area contributed by atoms with Crippen molar-refractivity contribution in [3.05, 3.63) is 73.7 Å². The zero-order valence-corrected chi connectivity index (χ0v) is 34.7. The van der Waals surface area contributed by atoms with Gasteiger partial charge in [0.1, 0.15) is 23.7 Å². The number of carbonyl (C=O) groups is 2. The van der Waals surface area contributed by atoms with E-state index in [1.807, 2.05) is 19.9 Å². The predicted octanol–water partition coefficient (Wildman–Crippen LogP) is 11.1. The normalized spacial score (nSPS) is 25.3. The molecule has 2 N–H and O–H groups in total. The van der Waals surface area contributed by atoms with E-state index in [-0.39, 0.29) is 53.2 Å². The van der Waals surface area contributed by atoms with Crippen LogP contribution in [0.1, 0.15) is 124 Å². The molecule has 3 fully saturated rings. The minimum atomic E-state index is -0.612. The summed E-state index contributed by atoms with van der Waals surface area (Å²) in [5, 5.41) is 28.3. The highest BCUT2D eigenvalue weighted by Gasteiger charge is 2.50. The SMILES string of the molecule is C[C@H](CCCC(C)(C)O)[C@H]1CC[C@H]2/C(=C/C=C3/C[C@@H](O[14C](=O)CBr)CC/C3=C\COC(=O)CCCCCNc3ccc(N=[N+]=[N-])cc3[N+](=O)[O-])CCC[C@]12C. The van der Waals surface area contributed by atoms with Crippen LogP contribution in [-0.4, -0.2) is 52.2 Å². The van der Waals surface area contributed by atoms with E-state index < -0.39 is 10.5 Å². The number of allylic oxidation sites excluding steroid dienone is 4. The Hall–Kier alpha value is -3.67. The number of aliphatic hydroxyl groups is 1. The zero-order chi connectivity index (χ0) is 40.0. The van der Waals surface area contributed by atoms with Gasteiger partial charge in [0, 0.05) is 36.1 Å². The highest BCUT2D eigenvalue weighted by Crippen LogP contribution is 2.60. The van der Waals surface area contributed by atoms with Crippen molar-refractivity contribution in [1.29, 1.82) is 0 Å². The molecule has 0 spiro atoms. The molecule has 55 heavy (non-hydrogen) atoms. The monoisotopic (exact) mass is 827 g/mol. The average molecular weight is 829 g/mol. The lowest BCUT2D eigenvalue weighted by Crippen LogP contribution is -2.36. The first-order valence-electron chi connectivity index (χ1n) is 20.0. The van der Waals surface area contributed by atoms with Gasteiger partial charge in [0.25, 0.3) is 5.69 Å². The maximum atomic E-state index is 12.6. The van der Waals surface area contributed by atoms with E-state index in [4.69, 9.17) is 15.0 Å². The third kappa shape index (κ3) is 13.2. The van der Waals surface area contributed by atoms with Crippen LogP contribution in [0.15, 0.2) is 58.3 Å². The van der Waals surface area contributed by atoms with Crippen LogP contribution < -0.4 is 5.32 Å². The summed E-state index contributed by atoms with van der Waals surface area (Å²) in [5.41, 5.74) is 12.4. The van der Waals surface area contributed by atoms with Gasteiger partial charge in [0.2, 0.25) is 0 Å². The first-order chi connectivity index (χ1) is 26.2. The Morgan fingerprint density at radius 1 is 1.22 bits per heavy atom. The molecule has 0 aliphatic heterocycles. The number of benzene rings is 1. The smallest absolute Gasteiger partial charge is 0.316 e. The van der Waals surface area contributed by atoms with Crippen molar-refractivity contribution in [1.82, 2.24) is 0 Å². The molecule has 5 atom stereocenters. The van der Waals surface area contributed by atoms with Gasteiger partial charge < -0.3 is 19.9 Å². The van der Waals surface area contributed by atoms with Crippen LogP contribution in [0.2, 0.25) is 0 Å². The number of fused-ring (bicyclic) bond motifs is 1. The number of halogens is 1. The standard InChI is InChI=1S/C42H60BrN5O7/c1-29(10-8-22-41(2,3)51)35-18-19-36-31(11-9-23-42(35,36)4)13-14-32-26-34(55-40(50)28-43)17-15-30(32)21-25-54-39(49)12-6-5-7-24-45-37-20-16-33(46-47-44)27-38(37)48(52)53/h13-14,16,20-21,27,29,34-36,45,51H,5-12,15,17-19,22-26,28H2,1-4H3/b30-21+,31-13+,32-14-/t29-,34+,35-,36+,42-/m1/s1/i40+2. The number of azide groups is 1. The summed E-state index contributed by atoms with van der Waals surface area (Å²) in [4.78, 5) is 38.3. The first kappa shape index (κ1) is 44.0. The van der Waals surface area contributed by atoms with Gasteiger partial charge in [-0.15, -0.1) is 0 Å². The molecule has 1 aromatic rings. The molecule has 12 nitrogen and oxygen atoms in total. The van der Waals surface area contributed by atoms with Crippen molar-refractivity contribution in [2.75, 3.05) is 23.8 Å². The summed E-state index contributed by atoms with van der Waals surface area (Å²) in [7, 11) is 0. The molecule has 0 aromatic heterocycles. The number of hydrogen-bond acceptors (Lipinski definition) is 9. The van der Waals surface area contributed by atoms with Gasteiger partial charge in [-0.2, -0.15) is 0 Å². The van der Waals surface area contributed by atoms with Crippen molar-refractivity contribution in [2.24, 2.45) is 28.3 Å². The van der Waals surface area contributed by atoms with Crippen LogP contribution in [0.3, 0.4) is 0 Å². The molecule has 13 heteroatoms. The Labute approximate surface area is 334 Å². The Balaban J connectivity index is 1.31. The minimum absolute atomic E-state index is 0.161. The lowest BCUT2D eigenvalue weighted by molar-refractivity contribution is -0.383. The molecule has 0 radical (unpaired) electrons. The summed E-state index contributed by atoms with van der Waals surface area (Å²) in [6.45, 7) is 9.39. The third-order valence-electron chi connectivity index (χ3n) is 12.0. The maximum absolute atomic E-state index is 12.6. The molecule has 3 aliphatic rings. The maximum Gasteiger partial charge on any atom is 0.316 e. The number of hydrogen-bond donors (Lipinski definition) is 2. The Kier molecular flexibility index (Phi) is 16.8. The number of esters is 2. The van der Waals surface area contributed by atoms with E-state index in [9.17, 15) is 24.8 Å². The largest absolute Gasteiger partial charge is 0.461 e. The summed E-state index contributed by atoms with van der Waals surface area (Å²) in [6.07, 6.45) is 19.9. The van der Waals surface area contributed by atoms with E-state index in [2.05, 4.69) is 57.3 Å². The van der Waals surface area contributed by atoms with Gasteiger partial charge in [-0.3, -0.25) is 19.7 Å². The minimum Gasteiger partial charge on any atom is -0.461 e. The number of rotatable bonds is 19. The number of nitrogens with zero attached hydrogens (tertiary/aromatic N) is 4. The molecule has 0 heterocycles. The summed E-state index contributed by atoms with van der Waals surface area (Å²) < 4.78 is 11.3. The predicted molar refractivity (Wildman–Crippen MR) is 219 cm³/mol. The van der Waals surface area contributed by atoms with Crippen molar-refractivity contribution >= 4 is 44.9 Å². The molecule has 3 aliphatic carbocycles. The van der Waals surface area contributed by atoms with Crippen LogP contribution in [0.25, 0.3) is 10.4 Å². The number of nitrogens with one attached hydrogen (secondary N) is 1. The number of nitro groups is 1. The van der Waals surface area contributed by atoms with Crippen LogP contribution >= 0.6 is 15.9 Å². The summed E-state index contributed by atoms with van der Waals surface area (Å²) in [6, 6.07) is 4.27. The molecule has 0 saturated heterocycles. The number of alkyl halides is 1. The van der Waals surface area contributed by atoms with Crippen molar-refractivity contribution in [3.8, 4) is 0 Å². The average Bonchev–Trinajstić information content (AvgIpc) is 3.50. The van der Waals surface area contributed by atoms with Gasteiger partial charge >= 0.3 is 11.9 Å². The topological polar surface area (TPSA) is 177 Å². The van der Waals surface area contributed by atoms with Crippen molar-refractivity contribution in [3.63, 3.8) is 0 Å². The van der Waals surface area contributed by atoms with E-state index in [0.717, 1.165) is 56.1 Å². The van der Waals surface area contributed by atoms with Gasteiger partial charge in [0.05, 0.1) is 10.5 Å². The zero-order valence-electron chi connectivity index (χ0n) is 33.1. The Morgan fingerprint density at radius 2 is 2.02 bits per heavy atom. The van der Waals surface area contributed by atoms with E-state index in [1.165, 1.54) is 49.5 Å². The van der Waals surface area contributed by atoms with Crippen molar-refractivity contribution in [2.45, 2.75) is 136 Å². The molecule has 302 valence electrons. The lowest BCUT2D eigenvalue weighted by atomic mass is 9.60. The Bertz CT molecular complexity index is 1650. The lowest BCUT2D eigenvalue weighted by Gasteiger charge is -2.44. The quantitative estimate of drug-likeness (QED) is 0.0202. The number of carbonyl (C=O) groups excluding carboxylic acids is 2. The van der Waals surface area contributed by atoms with E-state index in [1.54, 1.807) is 0 Å². The van der Waals surface area contributed by atoms with Crippen molar-refractivity contribution < 1.29 is 29.1 Å². The molecule has 0 unspecified atom stereocenters. The fraction of sp³-hybridized carbons (Fsp3) is 0.667. The van der Waals surface area contributed by atoms with Crippen LogP contribution in [0, 0.1) is 33.3 Å². The molecule has 0 amide bonds. The Morgan fingerprint density at radius 3 is 2.75 bits per heavy atom. The molecule has 1 aromatic carbocycles. The van der Waals surface area contributed by atoms with E-state index in [0.29, 0.717) is 49.2 Å². The number of anilines is 1. The highest BCUT2D eigenvalue weighted by atomic mass is 79.9. The van der Waals surface area contributed by atoms with Gasteiger partial charge in [-0.05, 0) is 130 Å². The number of nitro benzene ring substituents is 1. The highest BCUT2D eigenvalue weighted by molar-refractivity contribution is 9.09. The molecular weight excluding hydrogens is 768 g/mol. The van der Waals surface area contributed by atoms with Crippen LogP contribution in [0.5, 0.6) is 0 Å². The second-order valence-corrected chi connectivity index (χ2v) is 17.1. The summed E-state index contributed by atoms with van der Waals surface area (Å²) in [5.74, 6) is 1.33. The van der Waals surface area contributed by atoms with Gasteiger partial charge in [-0.1, -0.05) is 77.9 Å². The third-order valence-corrected chi connectivity index (χ3v) is 12.4. The summed E-state index contributed by atoms with van der Waals surface area (Å²) >= 11 is 3.21. The molecule has 0 bridgehead atoms. The first-order valence-corrected chi connectivity index (χ1v) is 21.2. The molecular formula is C42H60BrN5O7. The second kappa shape index (κ2) is 21.0. The van der Waals surface area contributed by atoms with Gasteiger partial charge in [0.15, 0.2) is 0 Å². The fourth-order valence-electron chi connectivity index (χ4n) is 9.20. The molecule has 4 rings (SSSR count). The fourth-order valence-corrected chi connectivity index (χ4v) is 9.33. The molecule has 3 saturated carbocycles. The van der Waals surface area contributed by atoms with Crippen LogP contribution in [-0.2, 0) is 19.1 Å². The number of ether oxygens (including phenoxy) is 2. The van der Waals surface area contributed by atoms with Crippen LogP contribution in [0.4, 0.5) is 17.1 Å². The second-order valence-electron chi connectivity index (χ2n) is 16.5. The number of unbranched alkanes of at least 4 members (excludes halogenated alkanes) is 2. The van der Waals surface area contributed by atoms with Gasteiger partial charge in [-0.25, -0.2) is 0 Å². The van der Waals surface area contributed by atoms with E-state index >= 15 is 0 Å².